The van der Waals surface area contributed by atoms with E-state index in [1.807, 2.05) is 0 Å². The number of hydrogen-bond donors (Lipinski definition) is 0. The molecule has 0 amide bonds. The molecule has 2 heteroatoms. The van der Waals surface area contributed by atoms with E-state index in [4.69, 9.17) is 0 Å². The number of aryl methyl sites for hydroxylation is 4. The maximum atomic E-state index is 2.55. The first kappa shape index (κ1) is 43.8. The van der Waals surface area contributed by atoms with Crippen molar-refractivity contribution in [2.75, 3.05) is 0 Å². The van der Waals surface area contributed by atoms with Crippen molar-refractivity contribution in [1.82, 2.24) is 0 Å². The quantitative estimate of drug-likeness (QED) is 0.0711. The van der Waals surface area contributed by atoms with Crippen molar-refractivity contribution < 1.29 is 0 Å². The molecule has 8 aromatic carbocycles. The van der Waals surface area contributed by atoms with E-state index in [-0.39, 0.29) is 0 Å². The van der Waals surface area contributed by atoms with Crippen LogP contribution in [0, 0.1) is 0 Å². The lowest BCUT2D eigenvalue weighted by molar-refractivity contribution is 0.797. The predicted molar refractivity (Wildman–Crippen MR) is 279 cm³/mol. The summed E-state index contributed by atoms with van der Waals surface area (Å²) in [5.41, 5.74) is 8.84. The molecule has 0 aliphatic rings. The van der Waals surface area contributed by atoms with Crippen LogP contribution in [0.25, 0.3) is 32.7 Å². The Bertz CT molecular complexity index is 2430. The van der Waals surface area contributed by atoms with Gasteiger partial charge in [-0.05, 0) is 154 Å². The van der Waals surface area contributed by atoms with Crippen molar-refractivity contribution in [2.45, 2.75) is 105 Å². The number of rotatable bonds is 19. The predicted octanol–water partition coefficient (Wildman–Crippen LogP) is 14.5. The third kappa shape index (κ3) is 9.40. The van der Waals surface area contributed by atoms with Crippen LogP contribution in [0.2, 0.25) is 0 Å². The summed E-state index contributed by atoms with van der Waals surface area (Å²) in [5.74, 6) is 0. The van der Waals surface area contributed by atoms with E-state index < -0.39 is 15.8 Å². The van der Waals surface area contributed by atoms with E-state index in [9.17, 15) is 0 Å². The van der Waals surface area contributed by atoms with E-state index in [1.165, 1.54) is 138 Å². The van der Waals surface area contributed by atoms with Gasteiger partial charge in [-0.15, -0.1) is 0 Å². The molecule has 0 nitrogen and oxygen atoms in total. The van der Waals surface area contributed by atoms with Crippen molar-refractivity contribution in [3.63, 3.8) is 0 Å². The Labute approximate surface area is 375 Å². The molecule has 0 heterocycles. The van der Waals surface area contributed by atoms with Gasteiger partial charge < -0.3 is 0 Å². The molecule has 0 radical (unpaired) electrons. The molecule has 0 aromatic heterocycles. The average molecular weight is 847 g/mol. The topological polar surface area (TPSA) is 0 Å². The third-order valence-corrected chi connectivity index (χ3v) is 18.1. The average Bonchev–Trinajstić information content (AvgIpc) is 3.32. The maximum absolute atomic E-state index is 2.55. The number of hydrogen-bond acceptors (Lipinski definition) is 0. The first-order valence-corrected chi connectivity index (χ1v) is 26.3. The summed E-state index contributed by atoms with van der Waals surface area (Å²) in [6, 6.07) is 66.4. The summed E-state index contributed by atoms with van der Waals surface area (Å²) >= 11 is 0. The van der Waals surface area contributed by atoms with E-state index in [0.29, 0.717) is 0 Å². The minimum Gasteiger partial charge on any atom is -0.0654 e. The molecule has 0 bridgehead atoms. The normalized spacial score (nSPS) is 11.6. The molecule has 0 unspecified atom stereocenters. The number of benzene rings is 8. The monoisotopic (exact) mass is 846 g/mol. The van der Waals surface area contributed by atoms with Gasteiger partial charge in [-0.25, -0.2) is 0 Å². The molecule has 8 aromatic rings. The lowest BCUT2D eigenvalue weighted by Gasteiger charge is -2.31. The molecule has 314 valence electrons. The fraction of sp³-hybridized carbons (Fsp3) is 0.267. The molecular formula is C60H64P2. The van der Waals surface area contributed by atoms with Gasteiger partial charge in [0.2, 0.25) is 0 Å². The second-order valence-corrected chi connectivity index (χ2v) is 21.2. The van der Waals surface area contributed by atoms with E-state index >= 15 is 0 Å². The van der Waals surface area contributed by atoms with E-state index in [0.717, 1.165) is 25.7 Å². The zero-order valence-corrected chi connectivity index (χ0v) is 39.3. The van der Waals surface area contributed by atoms with Gasteiger partial charge in [0.05, 0.1) is 0 Å². The van der Waals surface area contributed by atoms with Crippen LogP contribution in [0.15, 0.2) is 170 Å². The first-order chi connectivity index (χ1) is 30.7. The lowest BCUT2D eigenvalue weighted by Crippen LogP contribution is -2.30. The Morgan fingerprint density at radius 1 is 0.274 bits per heavy atom. The van der Waals surface area contributed by atoms with Crippen LogP contribution in [0.4, 0.5) is 0 Å². The van der Waals surface area contributed by atoms with Gasteiger partial charge >= 0.3 is 0 Å². The maximum Gasteiger partial charge on any atom is -0.000883 e. The lowest BCUT2D eigenvalue weighted by atomic mass is 9.93. The molecule has 0 aliphatic heterocycles. The second kappa shape index (κ2) is 21.5. The van der Waals surface area contributed by atoms with Crippen LogP contribution in [0.3, 0.4) is 0 Å². The molecule has 0 saturated carbocycles. The minimum absolute atomic E-state index is 0.955. The Balaban J connectivity index is 1.53. The molecular weight excluding hydrogens is 783 g/mol. The third-order valence-electron chi connectivity index (χ3n) is 12.7. The second-order valence-electron chi connectivity index (χ2n) is 17.0. The van der Waals surface area contributed by atoms with Crippen LogP contribution < -0.4 is 31.8 Å². The summed E-state index contributed by atoms with van der Waals surface area (Å²) in [5, 5.41) is 14.3. The van der Waals surface area contributed by atoms with E-state index in [2.05, 4.69) is 198 Å². The standard InChI is InChI=1S/C60H64P2/c1-5-9-25-47-31-15-21-37-53(47)61(54-38-22-16-32-48(54)26-10-6-2)57-43-41-45-29-13-19-35-51(45)59(57)60-52-36-20-14-30-46(52)42-44-58(60)62(55-39-23-17-33-49(55)27-11-7-3)56-40-24-18-34-50(56)28-12-8-4/h13-24,29-44H,5-12,25-28H2,1-4H3. The number of unbranched alkanes of at least 4 members (excludes halogenated alkanes) is 4. The molecule has 62 heavy (non-hydrogen) atoms. The zero-order valence-electron chi connectivity index (χ0n) is 37.5. The van der Waals surface area contributed by atoms with Crippen LogP contribution in [0.5, 0.6) is 0 Å². The smallest absolute Gasteiger partial charge is 0.000883 e. The Hall–Kier alpha value is -4.86. The van der Waals surface area contributed by atoms with Crippen LogP contribution in [0.1, 0.15) is 101 Å². The fourth-order valence-electron chi connectivity index (χ4n) is 9.43. The molecule has 0 aliphatic carbocycles. The van der Waals surface area contributed by atoms with Crippen LogP contribution in [-0.4, -0.2) is 0 Å². The molecule has 0 atom stereocenters. The Morgan fingerprint density at radius 3 is 0.855 bits per heavy atom. The van der Waals surface area contributed by atoms with Crippen molar-refractivity contribution in [3.8, 4) is 11.1 Å². The van der Waals surface area contributed by atoms with Gasteiger partial charge in [-0.2, -0.15) is 0 Å². The van der Waals surface area contributed by atoms with Crippen LogP contribution in [-0.2, 0) is 25.7 Å². The molecule has 0 N–H and O–H groups in total. The van der Waals surface area contributed by atoms with Gasteiger partial charge in [-0.1, -0.05) is 223 Å². The summed E-state index contributed by atoms with van der Waals surface area (Å²) in [4.78, 5) is 0. The fourth-order valence-corrected chi connectivity index (χ4v) is 15.2. The van der Waals surface area contributed by atoms with Gasteiger partial charge in [-0.3, -0.25) is 0 Å². The minimum atomic E-state index is -0.955. The molecule has 0 saturated heterocycles. The summed E-state index contributed by atoms with van der Waals surface area (Å²) < 4.78 is 0. The SMILES string of the molecule is CCCCc1ccccc1P(c1ccccc1CCCC)c1ccc2ccccc2c1-c1c(P(c2ccccc2CCCC)c2ccccc2CCCC)ccc2ccccc12. The highest BCUT2D eigenvalue weighted by Gasteiger charge is 2.31. The van der Waals surface area contributed by atoms with Crippen molar-refractivity contribution in [2.24, 2.45) is 0 Å². The van der Waals surface area contributed by atoms with Gasteiger partial charge in [0.25, 0.3) is 0 Å². The van der Waals surface area contributed by atoms with Gasteiger partial charge in [0, 0.05) is 0 Å². The summed E-state index contributed by atoms with van der Waals surface area (Å²) in [7, 11) is -1.91. The summed E-state index contributed by atoms with van der Waals surface area (Å²) in [6.07, 6.45) is 13.9. The van der Waals surface area contributed by atoms with Crippen molar-refractivity contribution in [1.29, 1.82) is 0 Å². The van der Waals surface area contributed by atoms with Crippen LogP contribution >= 0.6 is 15.8 Å². The molecule has 8 rings (SSSR count). The highest BCUT2D eigenvalue weighted by Crippen LogP contribution is 2.47. The Morgan fingerprint density at radius 2 is 0.548 bits per heavy atom. The number of fused-ring (bicyclic) bond motifs is 2. The van der Waals surface area contributed by atoms with E-state index in [1.54, 1.807) is 0 Å². The molecule has 0 fully saturated rings. The van der Waals surface area contributed by atoms with Gasteiger partial charge in [0.15, 0.2) is 0 Å². The highest BCUT2D eigenvalue weighted by atomic mass is 31.1. The largest absolute Gasteiger partial charge is 0.0654 e. The Kier molecular flexibility index (Phi) is 15.2. The summed E-state index contributed by atoms with van der Waals surface area (Å²) in [6.45, 7) is 9.31. The highest BCUT2D eigenvalue weighted by molar-refractivity contribution is 7.81. The molecule has 0 spiro atoms. The van der Waals surface area contributed by atoms with Crippen molar-refractivity contribution >= 4 is 69.2 Å². The first-order valence-electron chi connectivity index (χ1n) is 23.6. The zero-order chi connectivity index (χ0) is 42.7. The van der Waals surface area contributed by atoms with Gasteiger partial charge in [0.1, 0.15) is 0 Å². The van der Waals surface area contributed by atoms with Crippen molar-refractivity contribution in [3.05, 3.63) is 192 Å².